The minimum atomic E-state index is -0.662. The molecule has 1 rings (SSSR count). The standard InChI is InChI=1S/C13H16ClN3O3S/c1-3-19-4-5-20-12(18)11(6-15)9(2)16-7-10-8-17-13(14)21-10/h8,16H,3-5,7H2,1-2H3/b11-9+. The second kappa shape index (κ2) is 9.34. The fraction of sp³-hybridized carbons (Fsp3) is 0.462. The van der Waals surface area contributed by atoms with Crippen molar-refractivity contribution in [2.45, 2.75) is 20.4 Å². The van der Waals surface area contributed by atoms with Crippen molar-refractivity contribution >= 4 is 28.9 Å². The Hall–Kier alpha value is -1.62. The number of hydrogen-bond acceptors (Lipinski definition) is 7. The van der Waals surface area contributed by atoms with Gasteiger partial charge in [-0.3, -0.25) is 0 Å². The summed E-state index contributed by atoms with van der Waals surface area (Å²) in [5, 5.41) is 12.0. The molecule has 1 heterocycles. The second-order valence-electron chi connectivity index (χ2n) is 3.88. The Balaban J connectivity index is 2.54. The molecule has 0 aliphatic heterocycles. The topological polar surface area (TPSA) is 84.2 Å². The van der Waals surface area contributed by atoms with E-state index in [-0.39, 0.29) is 12.2 Å². The molecule has 0 unspecified atom stereocenters. The van der Waals surface area contributed by atoms with Gasteiger partial charge < -0.3 is 14.8 Å². The highest BCUT2D eigenvalue weighted by molar-refractivity contribution is 7.15. The quantitative estimate of drug-likeness (QED) is 0.341. The monoisotopic (exact) mass is 329 g/mol. The number of carbonyl (C=O) groups is 1. The van der Waals surface area contributed by atoms with Gasteiger partial charge in [-0.25, -0.2) is 9.78 Å². The van der Waals surface area contributed by atoms with Crippen molar-refractivity contribution < 1.29 is 14.3 Å². The maximum Gasteiger partial charge on any atom is 0.350 e. The zero-order valence-corrected chi connectivity index (χ0v) is 13.4. The van der Waals surface area contributed by atoms with Gasteiger partial charge in [-0.15, -0.1) is 11.3 Å². The predicted octanol–water partition coefficient (Wildman–Crippen LogP) is 2.26. The number of carbonyl (C=O) groups excluding carboxylic acids is 1. The molecule has 1 aromatic rings. The van der Waals surface area contributed by atoms with Crippen LogP contribution in [-0.2, 0) is 20.8 Å². The minimum absolute atomic E-state index is 0.0536. The molecule has 0 fully saturated rings. The van der Waals surface area contributed by atoms with E-state index in [2.05, 4.69) is 10.3 Å². The van der Waals surface area contributed by atoms with Crippen LogP contribution in [0.15, 0.2) is 17.5 Å². The summed E-state index contributed by atoms with van der Waals surface area (Å²) in [5.41, 5.74) is 0.394. The molecule has 0 spiro atoms. The van der Waals surface area contributed by atoms with Gasteiger partial charge in [0.25, 0.3) is 0 Å². The average molecular weight is 330 g/mol. The summed E-state index contributed by atoms with van der Waals surface area (Å²) in [7, 11) is 0. The third kappa shape index (κ3) is 6.12. The number of halogens is 1. The summed E-state index contributed by atoms with van der Waals surface area (Å²) in [4.78, 5) is 16.6. The van der Waals surface area contributed by atoms with Gasteiger partial charge in [-0.1, -0.05) is 11.6 Å². The molecule has 0 saturated heterocycles. The van der Waals surface area contributed by atoms with E-state index in [0.717, 1.165) is 4.88 Å². The number of thiazole rings is 1. The van der Waals surface area contributed by atoms with Gasteiger partial charge in [0.2, 0.25) is 0 Å². The van der Waals surface area contributed by atoms with Crippen LogP contribution in [0.5, 0.6) is 0 Å². The van der Waals surface area contributed by atoms with E-state index in [9.17, 15) is 4.79 Å². The highest BCUT2D eigenvalue weighted by Crippen LogP contribution is 2.17. The third-order valence-electron chi connectivity index (χ3n) is 2.41. The molecule has 0 atom stereocenters. The predicted molar refractivity (Wildman–Crippen MR) is 79.7 cm³/mol. The largest absolute Gasteiger partial charge is 0.459 e. The summed E-state index contributed by atoms with van der Waals surface area (Å²) in [6.07, 6.45) is 1.64. The Labute approximate surface area is 132 Å². The van der Waals surface area contributed by atoms with Crippen LogP contribution >= 0.6 is 22.9 Å². The number of nitriles is 1. The number of allylic oxidation sites excluding steroid dienone is 1. The van der Waals surface area contributed by atoms with Crippen LogP contribution in [0.3, 0.4) is 0 Å². The van der Waals surface area contributed by atoms with Crippen molar-refractivity contribution in [1.29, 1.82) is 5.26 Å². The number of ether oxygens (including phenoxy) is 2. The van der Waals surface area contributed by atoms with E-state index < -0.39 is 5.97 Å². The van der Waals surface area contributed by atoms with E-state index in [1.807, 2.05) is 13.0 Å². The van der Waals surface area contributed by atoms with E-state index >= 15 is 0 Å². The molecule has 0 aliphatic carbocycles. The first-order valence-corrected chi connectivity index (χ1v) is 7.47. The van der Waals surface area contributed by atoms with Crippen LogP contribution in [0.1, 0.15) is 18.7 Å². The van der Waals surface area contributed by atoms with Crippen molar-refractivity contribution in [3.8, 4) is 6.07 Å². The number of hydrogen-bond donors (Lipinski definition) is 1. The van der Waals surface area contributed by atoms with Crippen LogP contribution in [0.2, 0.25) is 4.47 Å². The Morgan fingerprint density at radius 2 is 2.33 bits per heavy atom. The van der Waals surface area contributed by atoms with E-state index in [1.165, 1.54) is 11.3 Å². The maximum absolute atomic E-state index is 11.8. The normalized spacial score (nSPS) is 11.5. The zero-order chi connectivity index (χ0) is 15.7. The molecule has 0 aliphatic rings. The lowest BCUT2D eigenvalue weighted by Crippen LogP contribution is -2.18. The Bertz CT molecular complexity index is 551. The molecule has 0 bridgehead atoms. The number of nitrogens with one attached hydrogen (secondary N) is 1. The van der Waals surface area contributed by atoms with Gasteiger partial charge in [0, 0.05) is 23.4 Å². The number of aromatic nitrogens is 1. The van der Waals surface area contributed by atoms with Crippen molar-refractivity contribution in [3.63, 3.8) is 0 Å². The highest BCUT2D eigenvalue weighted by atomic mass is 35.5. The fourth-order valence-corrected chi connectivity index (χ4v) is 2.28. The molecule has 1 N–H and O–H groups in total. The second-order valence-corrected chi connectivity index (χ2v) is 5.58. The lowest BCUT2D eigenvalue weighted by Gasteiger charge is -2.08. The number of esters is 1. The molecule has 8 heteroatoms. The van der Waals surface area contributed by atoms with Gasteiger partial charge in [0.05, 0.1) is 13.2 Å². The Morgan fingerprint density at radius 1 is 1.57 bits per heavy atom. The molecule has 0 saturated carbocycles. The van der Waals surface area contributed by atoms with Gasteiger partial charge in [0.1, 0.15) is 12.7 Å². The average Bonchev–Trinajstić information content (AvgIpc) is 2.88. The fourth-order valence-electron chi connectivity index (χ4n) is 1.37. The summed E-state index contributed by atoms with van der Waals surface area (Å²) in [6.45, 7) is 4.92. The van der Waals surface area contributed by atoms with Crippen LogP contribution < -0.4 is 5.32 Å². The third-order valence-corrected chi connectivity index (χ3v) is 3.52. The summed E-state index contributed by atoms with van der Waals surface area (Å²) in [5.74, 6) is -0.662. The van der Waals surface area contributed by atoms with E-state index in [4.69, 9.17) is 26.3 Å². The Morgan fingerprint density at radius 3 is 2.90 bits per heavy atom. The lowest BCUT2D eigenvalue weighted by molar-refractivity contribution is -0.140. The highest BCUT2D eigenvalue weighted by Gasteiger charge is 2.14. The minimum Gasteiger partial charge on any atom is -0.459 e. The van der Waals surface area contributed by atoms with E-state index in [0.29, 0.717) is 29.9 Å². The number of rotatable bonds is 8. The first kappa shape index (κ1) is 17.4. The number of nitrogens with zero attached hydrogens (tertiary/aromatic N) is 2. The first-order valence-electron chi connectivity index (χ1n) is 6.28. The molecular weight excluding hydrogens is 314 g/mol. The van der Waals surface area contributed by atoms with Crippen LogP contribution in [-0.4, -0.2) is 30.8 Å². The van der Waals surface area contributed by atoms with Crippen LogP contribution in [0, 0.1) is 11.3 Å². The summed E-state index contributed by atoms with van der Waals surface area (Å²) in [6, 6.07) is 1.85. The molecule has 1 aromatic heterocycles. The Kier molecular flexibility index (Phi) is 7.75. The van der Waals surface area contributed by atoms with Gasteiger partial charge >= 0.3 is 5.97 Å². The van der Waals surface area contributed by atoms with Gasteiger partial charge in [-0.05, 0) is 13.8 Å². The molecule has 0 amide bonds. The zero-order valence-electron chi connectivity index (χ0n) is 11.8. The van der Waals surface area contributed by atoms with Gasteiger partial charge in [-0.2, -0.15) is 5.26 Å². The summed E-state index contributed by atoms with van der Waals surface area (Å²) < 4.78 is 10.5. The molecule has 6 nitrogen and oxygen atoms in total. The molecule has 0 aromatic carbocycles. The first-order chi connectivity index (χ1) is 10.1. The van der Waals surface area contributed by atoms with Crippen LogP contribution in [0.25, 0.3) is 0 Å². The van der Waals surface area contributed by atoms with Crippen molar-refractivity contribution in [2.24, 2.45) is 0 Å². The molecular formula is C13H16ClN3O3S. The summed E-state index contributed by atoms with van der Waals surface area (Å²) >= 11 is 7.06. The maximum atomic E-state index is 11.8. The molecule has 21 heavy (non-hydrogen) atoms. The lowest BCUT2D eigenvalue weighted by atomic mass is 10.2. The van der Waals surface area contributed by atoms with Gasteiger partial charge in [0.15, 0.2) is 10.0 Å². The SMILES string of the molecule is CCOCCOC(=O)/C(C#N)=C(\C)NCc1cnc(Cl)s1. The molecule has 114 valence electrons. The van der Waals surface area contributed by atoms with Crippen molar-refractivity contribution in [3.05, 3.63) is 26.8 Å². The smallest absolute Gasteiger partial charge is 0.350 e. The van der Waals surface area contributed by atoms with Crippen molar-refractivity contribution in [1.82, 2.24) is 10.3 Å². The van der Waals surface area contributed by atoms with Crippen LogP contribution in [0.4, 0.5) is 0 Å². The van der Waals surface area contributed by atoms with E-state index in [1.54, 1.807) is 13.1 Å². The van der Waals surface area contributed by atoms with Crippen molar-refractivity contribution in [2.75, 3.05) is 19.8 Å². The molecule has 0 radical (unpaired) electrons.